The van der Waals surface area contributed by atoms with Crippen LogP contribution in [-0.4, -0.2) is 51.5 Å². The molecule has 7 nitrogen and oxygen atoms in total. The number of nitrogens with one attached hydrogen (secondary N) is 2. The van der Waals surface area contributed by atoms with Gasteiger partial charge in [-0.2, -0.15) is 0 Å². The molecule has 0 unspecified atom stereocenters. The highest BCUT2D eigenvalue weighted by atomic mass is 16.5. The molecule has 2 N–H and O–H groups in total. The van der Waals surface area contributed by atoms with Crippen molar-refractivity contribution in [2.24, 2.45) is 11.8 Å². The molecule has 0 aliphatic carbocycles. The molecule has 4 atom stereocenters. The van der Waals surface area contributed by atoms with Gasteiger partial charge in [-0.1, -0.05) is 36.4 Å². The Hall–Kier alpha value is -3.45. The van der Waals surface area contributed by atoms with E-state index in [1.54, 1.807) is 6.20 Å². The molecule has 2 saturated heterocycles. The normalized spacial score (nSPS) is 27.9. The van der Waals surface area contributed by atoms with Crippen LogP contribution in [-0.2, 0) is 27.3 Å². The first-order chi connectivity index (χ1) is 15.6. The Morgan fingerprint density at radius 1 is 1.25 bits per heavy atom. The highest BCUT2D eigenvalue weighted by Gasteiger charge is 2.66. The SMILES string of the molecule is O=C(NCc1ccccn1)[C@@H]1[C@H]2C(=O)N(CCc3c[nH]c4ccccc34)C[C@@]23C=C[C@H]1O3. The largest absolute Gasteiger partial charge is 0.361 e. The Morgan fingerprint density at radius 2 is 2.12 bits per heavy atom. The zero-order valence-corrected chi connectivity index (χ0v) is 17.5. The van der Waals surface area contributed by atoms with Gasteiger partial charge < -0.3 is 19.9 Å². The van der Waals surface area contributed by atoms with Gasteiger partial charge in [-0.3, -0.25) is 14.6 Å². The number of carbonyl (C=O) groups excluding carboxylic acids is 2. The van der Waals surface area contributed by atoms with Gasteiger partial charge in [-0.05, 0) is 30.2 Å². The van der Waals surface area contributed by atoms with Crippen LogP contribution in [0.5, 0.6) is 0 Å². The molecule has 1 aromatic carbocycles. The van der Waals surface area contributed by atoms with E-state index in [9.17, 15) is 9.59 Å². The van der Waals surface area contributed by atoms with Crippen LogP contribution in [0.2, 0.25) is 0 Å². The quantitative estimate of drug-likeness (QED) is 0.590. The maximum atomic E-state index is 13.4. The minimum Gasteiger partial charge on any atom is -0.361 e. The molecule has 1 spiro atoms. The molecule has 2 aromatic heterocycles. The van der Waals surface area contributed by atoms with Crippen molar-refractivity contribution in [1.29, 1.82) is 0 Å². The summed E-state index contributed by atoms with van der Waals surface area (Å²) >= 11 is 0. The van der Waals surface area contributed by atoms with Crippen LogP contribution in [0.3, 0.4) is 0 Å². The topological polar surface area (TPSA) is 87.3 Å². The van der Waals surface area contributed by atoms with E-state index in [-0.39, 0.29) is 17.9 Å². The van der Waals surface area contributed by atoms with Gasteiger partial charge >= 0.3 is 0 Å². The van der Waals surface area contributed by atoms with Gasteiger partial charge in [-0.15, -0.1) is 0 Å². The predicted octanol–water partition coefficient (Wildman–Crippen LogP) is 2.20. The molecule has 3 aliphatic heterocycles. The minimum absolute atomic E-state index is 0.00896. The number of carbonyl (C=O) groups is 2. The summed E-state index contributed by atoms with van der Waals surface area (Å²) in [6.07, 6.45) is 8.06. The van der Waals surface area contributed by atoms with Gasteiger partial charge in [0, 0.05) is 29.8 Å². The van der Waals surface area contributed by atoms with Crippen LogP contribution in [0.15, 0.2) is 67.0 Å². The van der Waals surface area contributed by atoms with E-state index < -0.39 is 17.4 Å². The van der Waals surface area contributed by atoms with Crippen molar-refractivity contribution in [3.05, 3.63) is 78.3 Å². The lowest BCUT2D eigenvalue weighted by atomic mass is 9.77. The van der Waals surface area contributed by atoms with E-state index >= 15 is 0 Å². The fourth-order valence-electron chi connectivity index (χ4n) is 5.46. The molecule has 6 rings (SSSR count). The minimum atomic E-state index is -0.686. The number of fused-ring (bicyclic) bond motifs is 2. The number of hydrogen-bond acceptors (Lipinski definition) is 4. The maximum absolute atomic E-state index is 13.4. The van der Waals surface area contributed by atoms with Crippen molar-refractivity contribution in [1.82, 2.24) is 20.2 Å². The summed E-state index contributed by atoms with van der Waals surface area (Å²) in [7, 11) is 0. The lowest BCUT2D eigenvalue weighted by Crippen LogP contribution is -2.44. The number of benzene rings is 1. The zero-order valence-electron chi connectivity index (χ0n) is 17.5. The molecule has 2 fully saturated rings. The van der Waals surface area contributed by atoms with Crippen molar-refractivity contribution in [3.8, 4) is 0 Å². The summed E-state index contributed by atoms with van der Waals surface area (Å²) in [5.41, 5.74) is 2.39. The fraction of sp³-hybridized carbons (Fsp3) is 0.320. The number of ether oxygens (including phenoxy) is 1. The van der Waals surface area contributed by atoms with Crippen molar-refractivity contribution >= 4 is 22.7 Å². The van der Waals surface area contributed by atoms with E-state index in [1.165, 1.54) is 10.9 Å². The third-order valence-corrected chi connectivity index (χ3v) is 6.98. The van der Waals surface area contributed by atoms with E-state index in [1.807, 2.05) is 53.6 Å². The summed E-state index contributed by atoms with van der Waals surface area (Å²) in [5, 5.41) is 4.14. The van der Waals surface area contributed by atoms with Gasteiger partial charge in [0.05, 0.1) is 36.7 Å². The summed E-state index contributed by atoms with van der Waals surface area (Å²) in [4.78, 5) is 35.9. The van der Waals surface area contributed by atoms with Crippen LogP contribution in [0.25, 0.3) is 10.9 Å². The van der Waals surface area contributed by atoms with Crippen molar-refractivity contribution in [2.75, 3.05) is 13.1 Å². The van der Waals surface area contributed by atoms with Gasteiger partial charge in [0.2, 0.25) is 11.8 Å². The van der Waals surface area contributed by atoms with Crippen molar-refractivity contribution in [3.63, 3.8) is 0 Å². The first-order valence-electron chi connectivity index (χ1n) is 11.0. The second kappa shape index (κ2) is 7.31. The number of amides is 2. The summed E-state index contributed by atoms with van der Waals surface area (Å²) in [6, 6.07) is 13.8. The maximum Gasteiger partial charge on any atom is 0.230 e. The first-order valence-corrected chi connectivity index (χ1v) is 11.0. The van der Waals surface area contributed by atoms with Crippen LogP contribution in [0, 0.1) is 11.8 Å². The van der Waals surface area contributed by atoms with Crippen molar-refractivity contribution < 1.29 is 14.3 Å². The number of para-hydroxylation sites is 1. The Morgan fingerprint density at radius 3 is 3.00 bits per heavy atom. The Bertz CT molecular complexity index is 1220. The lowest BCUT2D eigenvalue weighted by Gasteiger charge is -2.23. The second-order valence-electron chi connectivity index (χ2n) is 8.81. The molecule has 0 radical (unpaired) electrons. The molecule has 3 aliphatic rings. The number of rotatable bonds is 6. The number of hydrogen-bond donors (Lipinski definition) is 2. The lowest BCUT2D eigenvalue weighted by molar-refractivity contribution is -0.137. The van der Waals surface area contributed by atoms with Crippen LogP contribution < -0.4 is 5.32 Å². The number of nitrogens with zero attached hydrogens (tertiary/aromatic N) is 2. The molecule has 2 amide bonds. The molecule has 162 valence electrons. The second-order valence-corrected chi connectivity index (χ2v) is 8.81. The number of aromatic nitrogens is 2. The number of aromatic amines is 1. The van der Waals surface area contributed by atoms with E-state index in [0.717, 1.165) is 17.6 Å². The van der Waals surface area contributed by atoms with Gasteiger partial charge in [0.25, 0.3) is 0 Å². The van der Waals surface area contributed by atoms with E-state index in [2.05, 4.69) is 27.4 Å². The predicted molar refractivity (Wildman–Crippen MR) is 118 cm³/mol. The molecular formula is C25H24N4O3. The van der Waals surface area contributed by atoms with E-state index in [4.69, 9.17) is 4.74 Å². The number of likely N-dealkylation sites (tertiary alicyclic amines) is 1. The van der Waals surface area contributed by atoms with Gasteiger partial charge in [-0.25, -0.2) is 0 Å². The summed E-state index contributed by atoms with van der Waals surface area (Å²) in [5.74, 6) is -1.11. The number of pyridine rings is 1. The van der Waals surface area contributed by atoms with Crippen LogP contribution in [0.4, 0.5) is 0 Å². The summed E-state index contributed by atoms with van der Waals surface area (Å²) in [6.45, 7) is 1.43. The molecule has 0 saturated carbocycles. The standard InChI is InChI=1S/C25H24N4O3/c30-23(28-14-17-5-3-4-11-26-17)21-20-8-10-25(32-20)15-29(24(31)22(21)25)12-9-16-13-27-19-7-2-1-6-18(16)19/h1-8,10-11,13,20-22,27H,9,12,14-15H2,(H,28,30)/t20-,21+,22+,25+/m1/s1. The molecule has 2 bridgehead atoms. The smallest absolute Gasteiger partial charge is 0.230 e. The number of H-pyrrole nitrogens is 1. The fourth-order valence-corrected chi connectivity index (χ4v) is 5.46. The first kappa shape index (κ1) is 19.3. The van der Waals surface area contributed by atoms with E-state index in [0.29, 0.717) is 19.6 Å². The highest BCUT2D eigenvalue weighted by molar-refractivity contribution is 5.93. The van der Waals surface area contributed by atoms with Crippen molar-refractivity contribution in [2.45, 2.75) is 24.7 Å². The van der Waals surface area contributed by atoms with Gasteiger partial charge in [0.1, 0.15) is 5.60 Å². The molecule has 7 heteroatoms. The Balaban J connectivity index is 1.17. The zero-order chi connectivity index (χ0) is 21.7. The monoisotopic (exact) mass is 428 g/mol. The van der Waals surface area contributed by atoms with Crippen LogP contribution in [0.1, 0.15) is 11.3 Å². The molecular weight excluding hydrogens is 404 g/mol. The molecule has 3 aromatic rings. The van der Waals surface area contributed by atoms with Gasteiger partial charge in [0.15, 0.2) is 0 Å². The van der Waals surface area contributed by atoms with Crippen LogP contribution >= 0.6 is 0 Å². The third kappa shape index (κ3) is 2.96. The Labute approximate surface area is 185 Å². The average molecular weight is 428 g/mol. The Kier molecular flexibility index (Phi) is 4.40. The average Bonchev–Trinajstić information content (AvgIpc) is 3.56. The summed E-state index contributed by atoms with van der Waals surface area (Å²) < 4.78 is 6.22. The third-order valence-electron chi connectivity index (χ3n) is 6.98. The highest BCUT2D eigenvalue weighted by Crippen LogP contribution is 2.51. The molecule has 32 heavy (non-hydrogen) atoms. The molecule has 5 heterocycles.